The molecule has 1 atom stereocenters. The Kier molecular flexibility index (Phi) is 8.65. The second kappa shape index (κ2) is 12.7. The average Bonchev–Trinajstić information content (AvgIpc) is 3.32. The summed E-state index contributed by atoms with van der Waals surface area (Å²) in [5, 5.41) is 0.944. The Bertz CT molecular complexity index is 2100. The van der Waals surface area contributed by atoms with E-state index in [0.717, 1.165) is 15.7 Å². The molecule has 240 valence electrons. The minimum atomic E-state index is -0.899. The standard InChI is InChI=1S/C35H31Cl2N5O5/c1-35(2,3)47-34(45)42-29-16-22(18-38-31(29)40-33(42)44)30-25-17-23(36)11-14-28(25)41(19-20-9-12-24(46-4)13-10-20)32(43)27(39-30)15-21-7-5-6-8-26(21)37/h5-14,16-18,27H,15,19H2,1-4H3,(H,38,40,44). The molecule has 1 amide bonds. The van der Waals surface area contributed by atoms with Gasteiger partial charge in [-0.3, -0.25) is 14.8 Å². The molecule has 3 aromatic carbocycles. The van der Waals surface area contributed by atoms with Crippen molar-refractivity contribution in [2.24, 2.45) is 4.99 Å². The number of benzodiazepines with no additional fused rings is 1. The Morgan fingerprint density at radius 1 is 1.00 bits per heavy atom. The SMILES string of the molecule is COc1ccc(CN2C(=O)C(Cc3ccccc3Cl)N=C(c3cnc4[nH]c(=O)n(C(=O)OC(C)(C)C)c4c3)c3cc(Cl)ccc32)cc1. The van der Waals surface area contributed by atoms with Crippen molar-refractivity contribution in [1.82, 2.24) is 14.5 Å². The number of aromatic nitrogens is 3. The van der Waals surface area contributed by atoms with E-state index >= 15 is 0 Å². The van der Waals surface area contributed by atoms with Crippen molar-refractivity contribution in [3.63, 3.8) is 0 Å². The van der Waals surface area contributed by atoms with E-state index < -0.39 is 23.4 Å². The number of methoxy groups -OCH3 is 1. The second-order valence-corrected chi connectivity index (χ2v) is 12.9. The lowest BCUT2D eigenvalue weighted by atomic mass is 10.0. The highest BCUT2D eigenvalue weighted by Crippen LogP contribution is 2.34. The molecule has 1 aliphatic rings. The number of amides is 1. The van der Waals surface area contributed by atoms with Crippen LogP contribution in [0.3, 0.4) is 0 Å². The van der Waals surface area contributed by atoms with E-state index in [-0.39, 0.29) is 30.0 Å². The van der Waals surface area contributed by atoms with Gasteiger partial charge in [-0.25, -0.2) is 14.6 Å². The first kappa shape index (κ1) is 32.0. The molecular weight excluding hydrogens is 641 g/mol. The van der Waals surface area contributed by atoms with Gasteiger partial charge in [-0.2, -0.15) is 4.57 Å². The third-order valence-corrected chi connectivity index (χ3v) is 8.20. The minimum Gasteiger partial charge on any atom is -0.497 e. The first-order valence-corrected chi connectivity index (χ1v) is 15.6. The maximum atomic E-state index is 14.5. The molecule has 0 saturated carbocycles. The molecule has 47 heavy (non-hydrogen) atoms. The van der Waals surface area contributed by atoms with Crippen molar-refractivity contribution in [2.45, 2.75) is 45.4 Å². The third kappa shape index (κ3) is 6.65. The molecule has 0 radical (unpaired) electrons. The molecule has 6 rings (SSSR count). The van der Waals surface area contributed by atoms with Crippen LogP contribution in [0.4, 0.5) is 10.5 Å². The topological polar surface area (TPSA) is 119 Å². The molecule has 1 N–H and O–H groups in total. The molecule has 12 heteroatoms. The molecular formula is C35H31Cl2N5O5. The van der Waals surface area contributed by atoms with Gasteiger partial charge in [0.1, 0.15) is 22.9 Å². The molecule has 3 heterocycles. The fourth-order valence-electron chi connectivity index (χ4n) is 5.43. The number of carbonyl (C=O) groups excluding carboxylic acids is 2. The summed E-state index contributed by atoms with van der Waals surface area (Å²) in [6, 6.07) is 20.8. The summed E-state index contributed by atoms with van der Waals surface area (Å²) < 4.78 is 11.7. The van der Waals surface area contributed by atoms with Crippen molar-refractivity contribution in [2.75, 3.05) is 12.0 Å². The number of H-pyrrole nitrogens is 1. The summed E-state index contributed by atoms with van der Waals surface area (Å²) in [6.07, 6.45) is 0.902. The van der Waals surface area contributed by atoms with E-state index in [2.05, 4.69) is 9.97 Å². The van der Waals surface area contributed by atoms with Crippen LogP contribution < -0.4 is 15.3 Å². The van der Waals surface area contributed by atoms with Gasteiger partial charge in [-0.15, -0.1) is 0 Å². The number of fused-ring (bicyclic) bond motifs is 2. The number of aromatic amines is 1. The van der Waals surface area contributed by atoms with Crippen molar-refractivity contribution in [3.05, 3.63) is 122 Å². The minimum absolute atomic E-state index is 0.190. The number of rotatable bonds is 6. The number of anilines is 1. The number of pyridine rings is 1. The molecule has 0 aliphatic carbocycles. The Balaban J connectivity index is 1.53. The van der Waals surface area contributed by atoms with Gasteiger partial charge in [0.05, 0.1) is 25.1 Å². The zero-order chi connectivity index (χ0) is 33.5. The molecule has 10 nitrogen and oxygen atoms in total. The number of aliphatic imine (C=N–C) groups is 1. The predicted octanol–water partition coefficient (Wildman–Crippen LogP) is 6.82. The molecule has 1 unspecified atom stereocenters. The quantitative estimate of drug-likeness (QED) is 0.212. The van der Waals surface area contributed by atoms with Crippen LogP contribution in [0.5, 0.6) is 5.75 Å². The van der Waals surface area contributed by atoms with Gasteiger partial charge in [0.2, 0.25) is 0 Å². The van der Waals surface area contributed by atoms with Crippen LogP contribution in [0.25, 0.3) is 11.2 Å². The summed E-state index contributed by atoms with van der Waals surface area (Å²) in [5.41, 5.74) is 2.49. The van der Waals surface area contributed by atoms with Crippen LogP contribution in [-0.2, 0) is 22.5 Å². The van der Waals surface area contributed by atoms with E-state index in [1.165, 1.54) is 6.20 Å². The van der Waals surface area contributed by atoms with Gasteiger partial charge in [-0.05, 0) is 74.4 Å². The highest BCUT2D eigenvalue weighted by molar-refractivity contribution is 6.32. The number of benzene rings is 3. The molecule has 0 saturated heterocycles. The maximum Gasteiger partial charge on any atom is 0.423 e. The molecule has 0 bridgehead atoms. The zero-order valence-electron chi connectivity index (χ0n) is 26.1. The number of hydrogen-bond donors (Lipinski definition) is 1. The van der Waals surface area contributed by atoms with E-state index in [1.807, 2.05) is 42.5 Å². The lowest BCUT2D eigenvalue weighted by molar-refractivity contribution is -0.119. The van der Waals surface area contributed by atoms with Crippen molar-refractivity contribution in [1.29, 1.82) is 0 Å². The summed E-state index contributed by atoms with van der Waals surface area (Å²) in [6.45, 7) is 5.38. The number of halogens is 2. The lowest BCUT2D eigenvalue weighted by Gasteiger charge is -2.26. The van der Waals surface area contributed by atoms with Gasteiger partial charge in [-0.1, -0.05) is 53.5 Å². The number of nitrogens with one attached hydrogen (secondary N) is 1. The van der Waals surface area contributed by atoms with Gasteiger partial charge >= 0.3 is 11.8 Å². The Labute approximate surface area is 280 Å². The third-order valence-electron chi connectivity index (χ3n) is 7.60. The Morgan fingerprint density at radius 2 is 1.74 bits per heavy atom. The predicted molar refractivity (Wildman–Crippen MR) is 182 cm³/mol. The van der Waals surface area contributed by atoms with E-state index in [1.54, 1.807) is 63.1 Å². The first-order valence-electron chi connectivity index (χ1n) is 14.8. The van der Waals surface area contributed by atoms with Crippen LogP contribution in [0, 0.1) is 0 Å². The average molecular weight is 673 g/mol. The van der Waals surface area contributed by atoms with E-state index in [4.69, 9.17) is 37.7 Å². The monoisotopic (exact) mass is 671 g/mol. The number of hydrogen-bond acceptors (Lipinski definition) is 7. The fourth-order valence-corrected chi connectivity index (χ4v) is 5.81. The second-order valence-electron chi connectivity index (χ2n) is 12.1. The number of ether oxygens (including phenoxy) is 2. The smallest absolute Gasteiger partial charge is 0.423 e. The molecule has 0 spiro atoms. The fraction of sp³-hybridized carbons (Fsp3) is 0.229. The largest absolute Gasteiger partial charge is 0.497 e. The number of nitrogens with zero attached hydrogens (tertiary/aromatic N) is 4. The van der Waals surface area contributed by atoms with E-state index in [0.29, 0.717) is 38.3 Å². The molecule has 1 aliphatic heterocycles. The summed E-state index contributed by atoms with van der Waals surface area (Å²) in [7, 11) is 1.60. The Hall–Kier alpha value is -4.93. The van der Waals surface area contributed by atoms with Crippen LogP contribution in [0.1, 0.15) is 43.0 Å². The Morgan fingerprint density at radius 3 is 2.45 bits per heavy atom. The van der Waals surface area contributed by atoms with Crippen LogP contribution in [0.15, 0.2) is 88.8 Å². The molecule has 2 aromatic heterocycles. The van der Waals surface area contributed by atoms with Crippen LogP contribution in [-0.4, -0.2) is 51.0 Å². The summed E-state index contributed by atoms with van der Waals surface area (Å²) in [4.78, 5) is 54.3. The van der Waals surface area contributed by atoms with E-state index in [9.17, 15) is 14.4 Å². The van der Waals surface area contributed by atoms with Gasteiger partial charge in [0, 0.05) is 33.8 Å². The number of imidazole rings is 1. The van der Waals surface area contributed by atoms with Crippen molar-refractivity contribution in [3.8, 4) is 5.75 Å². The van der Waals surface area contributed by atoms with Gasteiger partial charge in [0.25, 0.3) is 5.91 Å². The highest BCUT2D eigenvalue weighted by Gasteiger charge is 2.33. The lowest BCUT2D eigenvalue weighted by Crippen LogP contribution is -2.38. The summed E-state index contributed by atoms with van der Waals surface area (Å²) >= 11 is 13.1. The maximum absolute atomic E-state index is 14.5. The van der Waals surface area contributed by atoms with Crippen molar-refractivity contribution < 1.29 is 19.1 Å². The highest BCUT2D eigenvalue weighted by atomic mass is 35.5. The van der Waals surface area contributed by atoms with Gasteiger partial charge in [0.15, 0.2) is 5.65 Å². The van der Waals surface area contributed by atoms with Crippen LogP contribution >= 0.6 is 23.2 Å². The van der Waals surface area contributed by atoms with Crippen molar-refractivity contribution >= 4 is 57.8 Å². The normalized spacial score (nSPS) is 14.9. The van der Waals surface area contributed by atoms with Crippen LogP contribution in [0.2, 0.25) is 10.0 Å². The summed E-state index contributed by atoms with van der Waals surface area (Å²) in [5.74, 6) is 0.448. The first-order chi connectivity index (χ1) is 22.4. The number of carbonyl (C=O) groups is 2. The van der Waals surface area contributed by atoms with Gasteiger partial charge < -0.3 is 14.4 Å². The zero-order valence-corrected chi connectivity index (χ0v) is 27.6. The molecule has 5 aromatic rings. The molecule has 0 fully saturated rings.